The Labute approximate surface area is 249 Å². The van der Waals surface area contributed by atoms with Crippen LogP contribution in [0.25, 0.3) is 0 Å². The van der Waals surface area contributed by atoms with Gasteiger partial charge in [-0.25, -0.2) is 9.98 Å². The Balaban J connectivity index is 1.66. The number of alkyl halides is 3. The van der Waals surface area contributed by atoms with E-state index in [0.717, 1.165) is 11.1 Å². The van der Waals surface area contributed by atoms with Crippen molar-refractivity contribution in [3.8, 4) is 11.6 Å². The number of nitrogens with two attached hydrogens (primary N) is 1. The normalized spacial score (nSPS) is 13.2. The fourth-order valence-electron chi connectivity index (χ4n) is 5.18. The number of hydrogen-bond donors (Lipinski definition) is 1. The molecule has 0 saturated heterocycles. The second-order valence-corrected chi connectivity index (χ2v) is 12.0. The van der Waals surface area contributed by atoms with E-state index in [9.17, 15) is 21.6 Å². The number of methoxy groups -OCH3 is 1. The smallest absolute Gasteiger partial charge is 0.405 e. The van der Waals surface area contributed by atoms with Crippen molar-refractivity contribution < 1.29 is 30.5 Å². The van der Waals surface area contributed by atoms with Gasteiger partial charge in [-0.3, -0.25) is 0 Å². The molecule has 0 saturated carbocycles. The zero-order valence-corrected chi connectivity index (χ0v) is 25.7. The summed E-state index contributed by atoms with van der Waals surface area (Å²) in [7, 11) is -2.85. The molecule has 1 aliphatic rings. The van der Waals surface area contributed by atoms with Gasteiger partial charge < -0.3 is 19.6 Å². The number of aromatic nitrogens is 2. The first-order chi connectivity index (χ1) is 20.1. The summed E-state index contributed by atoms with van der Waals surface area (Å²) in [6, 6.07) is 8.56. The number of hydrogen-bond acceptors (Lipinski definition) is 9. The second kappa shape index (κ2) is 12.2. The van der Waals surface area contributed by atoms with Crippen LogP contribution >= 0.6 is 0 Å². The van der Waals surface area contributed by atoms with Crippen molar-refractivity contribution >= 4 is 21.9 Å². The molecule has 43 heavy (non-hydrogen) atoms. The van der Waals surface area contributed by atoms with Crippen LogP contribution in [0.5, 0.6) is 11.6 Å². The number of benzene rings is 2. The molecule has 3 aromatic rings. The van der Waals surface area contributed by atoms with Crippen LogP contribution in [0.4, 0.5) is 19.1 Å². The van der Waals surface area contributed by atoms with Crippen LogP contribution in [0, 0.1) is 27.7 Å². The highest BCUT2D eigenvalue weighted by Crippen LogP contribution is 2.33. The number of aryl methyl sites for hydroxylation is 4. The quantitative estimate of drug-likeness (QED) is 0.287. The minimum Gasteiger partial charge on any atom is -0.496 e. The molecule has 230 valence electrons. The first-order valence-corrected chi connectivity index (χ1v) is 14.9. The van der Waals surface area contributed by atoms with Gasteiger partial charge in [0.05, 0.1) is 12.8 Å². The van der Waals surface area contributed by atoms with Crippen LogP contribution < -0.4 is 14.7 Å². The summed E-state index contributed by atoms with van der Waals surface area (Å²) >= 11 is 0. The van der Waals surface area contributed by atoms with Gasteiger partial charge in [-0.1, -0.05) is 36.8 Å². The number of nitrogens with zero attached hydrogens (tertiary/aromatic N) is 4. The van der Waals surface area contributed by atoms with E-state index >= 15 is 0 Å². The number of nitrogen functional groups attached to an aromatic ring is 1. The fourth-order valence-corrected chi connectivity index (χ4v) is 6.52. The van der Waals surface area contributed by atoms with Gasteiger partial charge in [0.1, 0.15) is 23.0 Å². The molecule has 2 heterocycles. The Morgan fingerprint density at radius 1 is 1.02 bits per heavy atom. The van der Waals surface area contributed by atoms with Crippen molar-refractivity contribution in [2.24, 2.45) is 4.99 Å². The van der Waals surface area contributed by atoms with Crippen LogP contribution in [0.2, 0.25) is 0 Å². The summed E-state index contributed by atoms with van der Waals surface area (Å²) in [6.07, 6.45) is -2.17. The predicted octanol–water partition coefficient (Wildman–Crippen LogP) is 5.73. The Hall–Kier alpha value is -4.13. The molecule has 2 aromatic carbocycles. The molecule has 0 atom stereocenters. The van der Waals surface area contributed by atoms with Gasteiger partial charge in [0.2, 0.25) is 11.8 Å². The number of amidine groups is 1. The van der Waals surface area contributed by atoms with E-state index in [-0.39, 0.29) is 29.7 Å². The van der Waals surface area contributed by atoms with E-state index in [4.69, 9.17) is 14.7 Å². The van der Waals surface area contributed by atoms with Crippen LogP contribution in [-0.4, -0.2) is 49.0 Å². The predicted molar refractivity (Wildman–Crippen MR) is 158 cm³/mol. The maximum Gasteiger partial charge on any atom is 0.405 e. The van der Waals surface area contributed by atoms with Crippen LogP contribution in [0.1, 0.15) is 52.4 Å². The summed E-state index contributed by atoms with van der Waals surface area (Å²) in [5, 5.41) is 0. The van der Waals surface area contributed by atoms with E-state index in [1.807, 2.05) is 13.8 Å². The van der Waals surface area contributed by atoms with Gasteiger partial charge in [-0.05, 0) is 62.4 Å². The highest BCUT2D eigenvalue weighted by Gasteiger charge is 2.34. The topological polar surface area (TPSA) is 120 Å². The van der Waals surface area contributed by atoms with Crippen molar-refractivity contribution in [1.82, 2.24) is 14.9 Å². The third-order valence-corrected chi connectivity index (χ3v) is 8.53. The molecule has 0 fully saturated rings. The molecular formula is C30H34F3N5O4S. The molecule has 4 rings (SSSR count). The minimum atomic E-state index is -4.42. The van der Waals surface area contributed by atoms with Gasteiger partial charge in [-0.2, -0.15) is 26.6 Å². The SMILES string of the molecule is CCC1=CN=C1N(Cc1ccc(Cc2c(C)nc(N)nc2OS(=O)(=O)c2c(C)cc(C)cc2C)c(OC)c1)CC(F)(F)F. The summed E-state index contributed by atoms with van der Waals surface area (Å²) < 4.78 is 78.2. The summed E-state index contributed by atoms with van der Waals surface area (Å²) in [5.41, 5.74) is 10.6. The van der Waals surface area contributed by atoms with Gasteiger partial charge in [-0.15, -0.1) is 0 Å². The average Bonchev–Trinajstić information content (AvgIpc) is 2.84. The third kappa shape index (κ3) is 7.27. The lowest BCUT2D eigenvalue weighted by Crippen LogP contribution is -2.41. The second-order valence-electron chi connectivity index (χ2n) is 10.5. The van der Waals surface area contributed by atoms with E-state index in [2.05, 4.69) is 15.0 Å². The summed E-state index contributed by atoms with van der Waals surface area (Å²) in [4.78, 5) is 13.6. The molecule has 1 aliphatic heterocycles. The van der Waals surface area contributed by atoms with E-state index in [0.29, 0.717) is 51.5 Å². The Morgan fingerprint density at radius 2 is 1.70 bits per heavy atom. The molecule has 0 spiro atoms. The number of halogens is 3. The zero-order chi connectivity index (χ0) is 31.7. The van der Waals surface area contributed by atoms with Crippen molar-refractivity contribution in [2.75, 3.05) is 19.4 Å². The van der Waals surface area contributed by atoms with Crippen molar-refractivity contribution in [3.63, 3.8) is 0 Å². The first-order valence-electron chi connectivity index (χ1n) is 13.5. The Morgan fingerprint density at radius 3 is 2.26 bits per heavy atom. The lowest BCUT2D eigenvalue weighted by atomic mass is 10.0. The number of ether oxygens (including phenoxy) is 1. The van der Waals surface area contributed by atoms with E-state index in [1.165, 1.54) is 12.0 Å². The van der Waals surface area contributed by atoms with Crippen molar-refractivity contribution in [1.29, 1.82) is 0 Å². The molecule has 1 aromatic heterocycles. The average molecular weight is 618 g/mol. The van der Waals surface area contributed by atoms with Gasteiger partial charge in [0.25, 0.3) is 0 Å². The van der Waals surface area contributed by atoms with Crippen molar-refractivity contribution in [3.05, 3.63) is 81.2 Å². The molecule has 0 aliphatic carbocycles. The summed E-state index contributed by atoms with van der Waals surface area (Å²) in [6.45, 7) is 7.58. The van der Waals surface area contributed by atoms with E-state index < -0.39 is 22.8 Å². The number of anilines is 1. The first kappa shape index (κ1) is 31.8. The lowest BCUT2D eigenvalue weighted by molar-refractivity contribution is -0.138. The molecule has 13 heteroatoms. The lowest BCUT2D eigenvalue weighted by Gasteiger charge is -2.31. The maximum atomic E-state index is 13.4. The molecule has 0 amide bonds. The van der Waals surface area contributed by atoms with Crippen LogP contribution in [0.15, 0.2) is 52.0 Å². The fraction of sp³-hybridized carbons (Fsp3) is 0.367. The highest BCUT2D eigenvalue weighted by molar-refractivity contribution is 7.87. The number of aliphatic imine (C=N–C) groups is 1. The van der Waals surface area contributed by atoms with Crippen molar-refractivity contribution in [2.45, 2.75) is 65.1 Å². The highest BCUT2D eigenvalue weighted by atomic mass is 32.2. The molecular weight excluding hydrogens is 583 g/mol. The van der Waals surface area contributed by atoms with Gasteiger partial charge in [0, 0.05) is 30.3 Å². The molecule has 0 radical (unpaired) electrons. The van der Waals surface area contributed by atoms with Gasteiger partial charge >= 0.3 is 16.3 Å². The minimum absolute atomic E-state index is 0.0429. The Kier molecular flexibility index (Phi) is 9.05. The van der Waals surface area contributed by atoms with Crippen LogP contribution in [-0.2, 0) is 23.1 Å². The monoisotopic (exact) mass is 617 g/mol. The zero-order valence-electron chi connectivity index (χ0n) is 24.8. The largest absolute Gasteiger partial charge is 0.496 e. The Bertz CT molecular complexity index is 1700. The van der Waals surface area contributed by atoms with E-state index in [1.54, 1.807) is 57.3 Å². The standard InChI is InChI=1S/C30H34F3N5O4S/c1-7-22-14-35-27(22)38(16-30(31,32)33)15-21-8-9-23(25(12-21)41-6)13-24-20(5)36-29(34)37-28(24)42-43(39,40)26-18(3)10-17(2)11-19(26)4/h8-12,14H,7,13,15-16H2,1-6H3,(H2,34,36,37). The summed E-state index contributed by atoms with van der Waals surface area (Å²) in [5.74, 6) is 0.338. The molecule has 0 unspecified atom stereocenters. The van der Waals surface area contributed by atoms with Crippen LogP contribution in [0.3, 0.4) is 0 Å². The van der Waals surface area contributed by atoms with Gasteiger partial charge in [0.15, 0.2) is 0 Å². The third-order valence-electron chi connectivity index (χ3n) is 7.01. The number of rotatable bonds is 10. The maximum absolute atomic E-state index is 13.4. The molecule has 0 bridgehead atoms. The molecule has 2 N–H and O–H groups in total. The molecule has 9 nitrogen and oxygen atoms in total.